The Balaban J connectivity index is 1.69. The van der Waals surface area contributed by atoms with Crippen molar-refractivity contribution >= 4 is 17.4 Å². The van der Waals surface area contributed by atoms with Gasteiger partial charge in [-0.25, -0.2) is 4.68 Å². The van der Waals surface area contributed by atoms with E-state index in [1.165, 1.54) is 12.1 Å². The van der Waals surface area contributed by atoms with Gasteiger partial charge < -0.3 is 5.32 Å². The van der Waals surface area contributed by atoms with Crippen molar-refractivity contribution < 1.29 is 9.72 Å². The van der Waals surface area contributed by atoms with Crippen molar-refractivity contribution in [2.24, 2.45) is 0 Å². The minimum absolute atomic E-state index is 0.0167. The third kappa shape index (κ3) is 2.97. The molecule has 0 bridgehead atoms. The molecule has 30 heavy (non-hydrogen) atoms. The Morgan fingerprint density at radius 2 is 2.00 bits per heavy atom. The van der Waals surface area contributed by atoms with Gasteiger partial charge >= 0.3 is 0 Å². The molecule has 1 aliphatic heterocycles. The molecular weight excluding hydrogens is 382 g/mol. The number of carbonyl (C=O) groups is 1. The smallest absolute Gasteiger partial charge is 0.269 e. The van der Waals surface area contributed by atoms with E-state index in [9.17, 15) is 14.9 Å². The maximum absolute atomic E-state index is 12.9. The van der Waals surface area contributed by atoms with E-state index in [1.807, 2.05) is 31.2 Å². The minimum Gasteiger partial charge on any atom is -0.328 e. The predicted octanol–water partition coefficient (Wildman–Crippen LogP) is 4.18. The molecular formula is C22H19N5O3. The number of nitro benzene ring substituents is 1. The standard InChI is InChI=1S/C22H19N5O3/c1-13-5-2-7-15(11-13)21-24-22-23-17-9-4-10-18(28)19(17)20(26(22)25-21)14-6-3-8-16(12-14)27(29)30/h2-3,5-8,11-12,20H,4,9-10H2,1H3,(H,23,24,25). The number of ketones is 1. The van der Waals surface area contributed by atoms with Crippen LogP contribution in [0.2, 0.25) is 0 Å². The van der Waals surface area contributed by atoms with E-state index in [1.54, 1.807) is 16.8 Å². The largest absolute Gasteiger partial charge is 0.328 e. The van der Waals surface area contributed by atoms with Crippen molar-refractivity contribution in [3.05, 3.63) is 81.0 Å². The second-order valence-electron chi connectivity index (χ2n) is 7.62. The summed E-state index contributed by atoms with van der Waals surface area (Å²) < 4.78 is 1.68. The van der Waals surface area contributed by atoms with E-state index < -0.39 is 11.0 Å². The van der Waals surface area contributed by atoms with Crippen LogP contribution >= 0.6 is 0 Å². The monoisotopic (exact) mass is 401 g/mol. The molecule has 1 atom stereocenters. The molecule has 1 aromatic heterocycles. The number of anilines is 1. The summed E-state index contributed by atoms with van der Waals surface area (Å²) in [7, 11) is 0. The van der Waals surface area contributed by atoms with Gasteiger partial charge in [-0.15, -0.1) is 5.10 Å². The van der Waals surface area contributed by atoms with Crippen LogP contribution in [0, 0.1) is 17.0 Å². The Morgan fingerprint density at radius 3 is 2.80 bits per heavy atom. The molecule has 0 saturated carbocycles. The summed E-state index contributed by atoms with van der Waals surface area (Å²) in [6, 6.07) is 13.7. The Morgan fingerprint density at radius 1 is 1.17 bits per heavy atom. The molecule has 0 radical (unpaired) electrons. The van der Waals surface area contributed by atoms with Crippen molar-refractivity contribution in [1.82, 2.24) is 14.8 Å². The summed E-state index contributed by atoms with van der Waals surface area (Å²) in [5.41, 5.74) is 4.05. The summed E-state index contributed by atoms with van der Waals surface area (Å²) in [6.07, 6.45) is 1.96. The third-order valence-electron chi connectivity index (χ3n) is 5.54. The molecule has 8 nitrogen and oxygen atoms in total. The molecule has 150 valence electrons. The lowest BCUT2D eigenvalue weighted by Crippen LogP contribution is -2.31. The first-order valence-electron chi connectivity index (χ1n) is 9.82. The lowest BCUT2D eigenvalue weighted by Gasteiger charge is -2.32. The number of aryl methyl sites for hydroxylation is 1. The Labute approximate surface area is 172 Å². The van der Waals surface area contributed by atoms with Crippen LogP contribution in [0.5, 0.6) is 0 Å². The van der Waals surface area contributed by atoms with Crippen LogP contribution in [0.1, 0.15) is 36.4 Å². The molecule has 8 heteroatoms. The topological polar surface area (TPSA) is 103 Å². The van der Waals surface area contributed by atoms with Gasteiger partial charge in [0.05, 0.1) is 4.92 Å². The molecule has 0 spiro atoms. The van der Waals surface area contributed by atoms with Gasteiger partial charge in [0.25, 0.3) is 5.69 Å². The highest BCUT2D eigenvalue weighted by atomic mass is 16.6. The number of carbonyl (C=O) groups excluding carboxylic acids is 1. The second-order valence-corrected chi connectivity index (χ2v) is 7.62. The van der Waals surface area contributed by atoms with Crippen LogP contribution in [0.4, 0.5) is 11.6 Å². The summed E-state index contributed by atoms with van der Waals surface area (Å²) in [4.78, 5) is 28.4. The van der Waals surface area contributed by atoms with Gasteiger partial charge in [0, 0.05) is 35.4 Å². The molecule has 2 heterocycles. The number of aromatic nitrogens is 3. The molecule has 2 aliphatic rings. The number of nitrogens with one attached hydrogen (secondary N) is 1. The quantitative estimate of drug-likeness (QED) is 0.522. The number of hydrogen-bond donors (Lipinski definition) is 1. The Hall–Kier alpha value is -3.81. The zero-order valence-electron chi connectivity index (χ0n) is 16.3. The molecule has 0 amide bonds. The van der Waals surface area contributed by atoms with Crippen molar-refractivity contribution in [2.75, 3.05) is 5.32 Å². The highest BCUT2D eigenvalue weighted by Gasteiger charge is 2.37. The molecule has 3 aromatic rings. The first kappa shape index (κ1) is 18.2. The number of nitrogens with zero attached hydrogens (tertiary/aromatic N) is 4. The number of hydrogen-bond acceptors (Lipinski definition) is 6. The van der Waals surface area contributed by atoms with Crippen molar-refractivity contribution in [3.8, 4) is 11.4 Å². The fraction of sp³-hybridized carbons (Fsp3) is 0.227. The lowest BCUT2D eigenvalue weighted by atomic mass is 9.85. The van der Waals surface area contributed by atoms with E-state index in [4.69, 9.17) is 5.10 Å². The van der Waals surface area contributed by atoms with Crippen molar-refractivity contribution in [3.63, 3.8) is 0 Å². The maximum Gasteiger partial charge on any atom is 0.269 e. The van der Waals surface area contributed by atoms with Crippen molar-refractivity contribution in [2.45, 2.75) is 32.2 Å². The van der Waals surface area contributed by atoms with Crippen LogP contribution in [0.3, 0.4) is 0 Å². The number of allylic oxidation sites excluding steroid dienone is 2. The Bertz CT molecular complexity index is 1230. The number of fused-ring (bicyclic) bond motifs is 1. The molecule has 1 unspecified atom stereocenters. The van der Waals surface area contributed by atoms with Gasteiger partial charge in [-0.3, -0.25) is 14.9 Å². The predicted molar refractivity (Wildman–Crippen MR) is 111 cm³/mol. The first-order chi connectivity index (χ1) is 14.5. The number of Topliss-reactive ketones (excluding diaryl/α,β-unsaturated/α-hetero) is 1. The number of nitro groups is 1. The SMILES string of the molecule is Cc1cccc(-c2nc3n(n2)C(c2cccc([N+](=O)[O-])c2)C2=C(CCCC2=O)N3)c1. The normalized spacial score (nSPS) is 17.9. The summed E-state index contributed by atoms with van der Waals surface area (Å²) >= 11 is 0. The van der Waals surface area contributed by atoms with E-state index in [0.717, 1.165) is 29.7 Å². The molecule has 1 N–H and O–H groups in total. The van der Waals surface area contributed by atoms with Gasteiger partial charge in [0.1, 0.15) is 6.04 Å². The zero-order valence-corrected chi connectivity index (χ0v) is 16.3. The molecule has 2 aromatic carbocycles. The zero-order chi connectivity index (χ0) is 20.8. The van der Waals surface area contributed by atoms with Crippen LogP contribution in [-0.2, 0) is 4.79 Å². The van der Waals surface area contributed by atoms with E-state index >= 15 is 0 Å². The molecule has 0 fully saturated rings. The fourth-order valence-corrected chi connectivity index (χ4v) is 4.18. The number of rotatable bonds is 3. The van der Waals surface area contributed by atoms with Gasteiger partial charge in [-0.05, 0) is 31.4 Å². The minimum atomic E-state index is -0.546. The molecule has 5 rings (SSSR count). The van der Waals surface area contributed by atoms with E-state index in [-0.39, 0.29) is 11.5 Å². The number of benzene rings is 2. The van der Waals surface area contributed by atoms with E-state index in [0.29, 0.717) is 29.3 Å². The number of non-ortho nitro benzene ring substituents is 1. The van der Waals surface area contributed by atoms with Gasteiger partial charge in [0.2, 0.25) is 5.95 Å². The Kier molecular flexibility index (Phi) is 4.20. The average molecular weight is 401 g/mol. The average Bonchev–Trinajstić information content (AvgIpc) is 3.16. The second kappa shape index (κ2) is 6.91. The highest BCUT2D eigenvalue weighted by molar-refractivity contribution is 5.99. The summed E-state index contributed by atoms with van der Waals surface area (Å²) in [5, 5.41) is 19.3. The van der Waals surface area contributed by atoms with Gasteiger partial charge in [-0.2, -0.15) is 4.98 Å². The molecule has 0 saturated heterocycles. The fourth-order valence-electron chi connectivity index (χ4n) is 4.18. The van der Waals surface area contributed by atoms with Crippen LogP contribution in [0.25, 0.3) is 11.4 Å². The maximum atomic E-state index is 12.9. The summed E-state index contributed by atoms with van der Waals surface area (Å²) in [6.45, 7) is 2.00. The van der Waals surface area contributed by atoms with Crippen LogP contribution in [-0.4, -0.2) is 25.5 Å². The molecule has 1 aliphatic carbocycles. The van der Waals surface area contributed by atoms with Crippen LogP contribution in [0.15, 0.2) is 59.8 Å². The summed E-state index contributed by atoms with van der Waals surface area (Å²) in [5.74, 6) is 1.12. The van der Waals surface area contributed by atoms with E-state index in [2.05, 4.69) is 10.3 Å². The van der Waals surface area contributed by atoms with Gasteiger partial charge in [0.15, 0.2) is 11.6 Å². The van der Waals surface area contributed by atoms with Crippen molar-refractivity contribution in [1.29, 1.82) is 0 Å². The third-order valence-corrected chi connectivity index (χ3v) is 5.54. The lowest BCUT2D eigenvalue weighted by molar-refractivity contribution is -0.384. The first-order valence-corrected chi connectivity index (χ1v) is 9.82. The highest BCUT2D eigenvalue weighted by Crippen LogP contribution is 2.41. The van der Waals surface area contributed by atoms with Crippen LogP contribution < -0.4 is 5.32 Å². The van der Waals surface area contributed by atoms with Gasteiger partial charge in [-0.1, -0.05) is 35.9 Å².